The number of allylic oxidation sites excluding steroid dienone is 2. The number of carbonyl (C=O) groups is 1. The molecule has 2 aliphatic rings. The molecule has 0 spiro atoms. The van der Waals surface area contributed by atoms with Crippen LogP contribution in [0, 0.1) is 11.7 Å². The lowest BCUT2D eigenvalue weighted by Gasteiger charge is -2.37. The highest BCUT2D eigenvalue weighted by Crippen LogP contribution is 2.50. The maximum Gasteiger partial charge on any atom is 0.338 e. The molecule has 0 bridgehead atoms. The minimum absolute atomic E-state index is 0.0813. The smallest absolute Gasteiger partial charge is 0.338 e. The number of ether oxygens (including phenoxy) is 1. The summed E-state index contributed by atoms with van der Waals surface area (Å²) >= 11 is 0. The van der Waals surface area contributed by atoms with Crippen LogP contribution in [0.2, 0.25) is 0 Å². The number of esters is 1. The Morgan fingerprint density at radius 3 is 2.88 bits per heavy atom. The Kier molecular flexibility index (Phi) is 4.04. The molecule has 1 N–H and O–H groups in total. The van der Waals surface area contributed by atoms with E-state index >= 15 is 0 Å². The summed E-state index contributed by atoms with van der Waals surface area (Å²) in [4.78, 5) is 12.0. The lowest BCUT2D eigenvalue weighted by Crippen LogP contribution is -2.30. The summed E-state index contributed by atoms with van der Waals surface area (Å²) in [5.74, 6) is -0.0747. The highest BCUT2D eigenvalue weighted by Gasteiger charge is 2.39. The maximum atomic E-state index is 14.3. The van der Waals surface area contributed by atoms with E-state index in [1.54, 1.807) is 19.1 Å². The Bertz CT molecular complexity index is 846. The van der Waals surface area contributed by atoms with Crippen molar-refractivity contribution in [2.24, 2.45) is 5.92 Å². The van der Waals surface area contributed by atoms with E-state index in [0.29, 0.717) is 17.7 Å². The van der Waals surface area contributed by atoms with Crippen LogP contribution in [0.15, 0.2) is 54.6 Å². The topological polar surface area (TPSA) is 38.3 Å². The van der Waals surface area contributed by atoms with Gasteiger partial charge in [0.05, 0.1) is 18.2 Å². The van der Waals surface area contributed by atoms with Crippen molar-refractivity contribution < 1.29 is 13.9 Å². The number of nitrogens with one attached hydrogen (secondary N) is 1. The molecule has 0 amide bonds. The molecule has 3 nitrogen and oxygen atoms in total. The Hall–Kier alpha value is -2.62. The third-order valence-corrected chi connectivity index (χ3v) is 5.11. The van der Waals surface area contributed by atoms with Crippen LogP contribution < -0.4 is 5.32 Å². The summed E-state index contributed by atoms with van der Waals surface area (Å²) in [5.41, 5.74) is 3.29. The summed E-state index contributed by atoms with van der Waals surface area (Å²) in [6, 6.07) is 12.4. The van der Waals surface area contributed by atoms with Crippen LogP contribution in [0.3, 0.4) is 0 Å². The predicted molar refractivity (Wildman–Crippen MR) is 95.2 cm³/mol. The number of anilines is 1. The van der Waals surface area contributed by atoms with E-state index in [0.717, 1.165) is 17.7 Å². The first-order valence-electron chi connectivity index (χ1n) is 8.67. The van der Waals surface area contributed by atoms with Gasteiger partial charge in [0.15, 0.2) is 0 Å². The quantitative estimate of drug-likeness (QED) is 0.644. The molecule has 0 radical (unpaired) electrons. The van der Waals surface area contributed by atoms with E-state index in [-0.39, 0.29) is 29.7 Å². The van der Waals surface area contributed by atoms with Crippen molar-refractivity contribution in [2.75, 3.05) is 11.9 Å². The normalized spacial score (nSPS) is 23.5. The Labute approximate surface area is 146 Å². The molecule has 1 aliphatic carbocycles. The first-order valence-corrected chi connectivity index (χ1v) is 8.67. The molecule has 25 heavy (non-hydrogen) atoms. The Morgan fingerprint density at radius 1 is 1.24 bits per heavy atom. The van der Waals surface area contributed by atoms with Gasteiger partial charge in [-0.05, 0) is 49.1 Å². The van der Waals surface area contributed by atoms with Crippen LogP contribution in [0.1, 0.15) is 46.8 Å². The molecule has 3 atom stereocenters. The van der Waals surface area contributed by atoms with Gasteiger partial charge in [-0.15, -0.1) is 0 Å². The van der Waals surface area contributed by atoms with Gasteiger partial charge in [0, 0.05) is 17.2 Å². The number of hydrogen-bond donors (Lipinski definition) is 1. The number of rotatable bonds is 3. The fourth-order valence-corrected chi connectivity index (χ4v) is 3.97. The molecule has 4 heteroatoms. The molecular weight excluding hydrogens is 317 g/mol. The van der Waals surface area contributed by atoms with Crippen molar-refractivity contribution in [3.63, 3.8) is 0 Å². The van der Waals surface area contributed by atoms with Crippen LogP contribution in [0.5, 0.6) is 0 Å². The first-order chi connectivity index (χ1) is 12.2. The van der Waals surface area contributed by atoms with Crippen LogP contribution in [0.4, 0.5) is 10.1 Å². The molecule has 0 aromatic heterocycles. The third-order valence-electron chi connectivity index (χ3n) is 5.11. The second-order valence-corrected chi connectivity index (χ2v) is 6.52. The number of benzene rings is 2. The molecule has 0 saturated heterocycles. The zero-order chi connectivity index (χ0) is 17.4. The highest BCUT2D eigenvalue weighted by atomic mass is 19.1. The zero-order valence-electron chi connectivity index (χ0n) is 14.0. The molecule has 128 valence electrons. The largest absolute Gasteiger partial charge is 0.462 e. The van der Waals surface area contributed by atoms with Gasteiger partial charge in [-0.25, -0.2) is 9.18 Å². The van der Waals surface area contributed by atoms with Crippen molar-refractivity contribution in [1.29, 1.82) is 0 Å². The van der Waals surface area contributed by atoms with Gasteiger partial charge in [-0.1, -0.05) is 30.4 Å². The maximum absolute atomic E-state index is 14.3. The standard InChI is InChI=1S/C21H20FNO2/c1-2-25-21(24)13-10-11-19-17(12-13)14-7-5-8-15(14)20(23-19)16-6-3-4-9-18(16)22/h3-7,9-12,14-15,20,23H,2,8H2,1H3/t14?,15?,20-/m0/s1. The summed E-state index contributed by atoms with van der Waals surface area (Å²) in [7, 11) is 0. The van der Waals surface area contributed by atoms with Crippen molar-refractivity contribution in [3.8, 4) is 0 Å². The fraction of sp³-hybridized carbons (Fsp3) is 0.286. The van der Waals surface area contributed by atoms with E-state index in [2.05, 4.69) is 17.5 Å². The molecule has 4 rings (SSSR count). The van der Waals surface area contributed by atoms with Gasteiger partial charge in [0.25, 0.3) is 0 Å². The Morgan fingerprint density at radius 2 is 2.08 bits per heavy atom. The van der Waals surface area contributed by atoms with Crippen molar-refractivity contribution in [1.82, 2.24) is 0 Å². The van der Waals surface area contributed by atoms with Crippen molar-refractivity contribution >= 4 is 11.7 Å². The summed E-state index contributed by atoms with van der Waals surface area (Å²) < 4.78 is 19.4. The molecular formula is C21H20FNO2. The molecule has 2 aromatic carbocycles. The van der Waals surface area contributed by atoms with Gasteiger partial charge in [0.2, 0.25) is 0 Å². The average Bonchev–Trinajstić information content (AvgIpc) is 3.11. The molecule has 2 aromatic rings. The number of halogens is 1. The van der Waals surface area contributed by atoms with Gasteiger partial charge in [-0.3, -0.25) is 0 Å². The van der Waals surface area contributed by atoms with Gasteiger partial charge < -0.3 is 10.1 Å². The summed E-state index contributed by atoms with van der Waals surface area (Å²) in [5, 5.41) is 3.49. The second kappa shape index (κ2) is 6.36. The molecule has 1 aliphatic heterocycles. The van der Waals surface area contributed by atoms with E-state index in [1.165, 1.54) is 6.07 Å². The minimum Gasteiger partial charge on any atom is -0.462 e. The van der Waals surface area contributed by atoms with Gasteiger partial charge in [-0.2, -0.15) is 0 Å². The van der Waals surface area contributed by atoms with E-state index in [1.807, 2.05) is 24.3 Å². The fourth-order valence-electron chi connectivity index (χ4n) is 3.97. The number of hydrogen-bond acceptors (Lipinski definition) is 3. The number of fused-ring (bicyclic) bond motifs is 3. The Balaban J connectivity index is 1.74. The predicted octanol–water partition coefficient (Wildman–Crippen LogP) is 4.83. The summed E-state index contributed by atoms with van der Waals surface area (Å²) in [6.07, 6.45) is 5.21. The minimum atomic E-state index is -0.306. The second-order valence-electron chi connectivity index (χ2n) is 6.52. The van der Waals surface area contributed by atoms with Crippen LogP contribution >= 0.6 is 0 Å². The zero-order valence-corrected chi connectivity index (χ0v) is 14.0. The number of carbonyl (C=O) groups excluding carboxylic acids is 1. The average molecular weight is 337 g/mol. The van der Waals surface area contributed by atoms with Crippen molar-refractivity contribution in [3.05, 3.63) is 77.1 Å². The SMILES string of the molecule is CCOC(=O)c1ccc2c(c1)C1C=CCC1[C@@H](c1ccccc1F)N2. The van der Waals surface area contributed by atoms with E-state index in [4.69, 9.17) is 4.74 Å². The monoisotopic (exact) mass is 337 g/mol. The highest BCUT2D eigenvalue weighted by molar-refractivity contribution is 5.90. The van der Waals surface area contributed by atoms with Crippen LogP contribution in [-0.2, 0) is 4.74 Å². The third kappa shape index (κ3) is 2.72. The lowest BCUT2D eigenvalue weighted by molar-refractivity contribution is 0.0526. The van der Waals surface area contributed by atoms with Gasteiger partial charge in [0.1, 0.15) is 5.82 Å². The summed E-state index contributed by atoms with van der Waals surface area (Å²) in [6.45, 7) is 2.15. The molecule has 0 saturated carbocycles. The molecule has 1 heterocycles. The molecule has 0 fully saturated rings. The van der Waals surface area contributed by atoms with Crippen molar-refractivity contribution in [2.45, 2.75) is 25.3 Å². The molecule has 2 unspecified atom stereocenters. The lowest BCUT2D eigenvalue weighted by atomic mass is 9.76. The van der Waals surface area contributed by atoms with E-state index < -0.39 is 0 Å². The van der Waals surface area contributed by atoms with Crippen LogP contribution in [-0.4, -0.2) is 12.6 Å². The van der Waals surface area contributed by atoms with Crippen LogP contribution in [0.25, 0.3) is 0 Å². The van der Waals surface area contributed by atoms with Gasteiger partial charge >= 0.3 is 5.97 Å². The first kappa shape index (κ1) is 15.9. The van der Waals surface area contributed by atoms with E-state index in [9.17, 15) is 9.18 Å².